The molecule has 3 rings (SSSR count). The molecule has 0 bridgehead atoms. The molecule has 3 unspecified atom stereocenters. The average molecular weight is 288 g/mol. The smallest absolute Gasteiger partial charge is 0.0702 e. The van der Waals surface area contributed by atoms with E-state index < -0.39 is 0 Å². The molecule has 3 heteroatoms. The average Bonchev–Trinajstić information content (AvgIpc) is 2.54. The normalized spacial score (nSPS) is 30.1. The molecule has 1 heterocycles. The Kier molecular flexibility index (Phi) is 4.94. The van der Waals surface area contributed by atoms with E-state index in [-0.39, 0.29) is 6.04 Å². The Bertz CT molecular complexity index is 462. The van der Waals surface area contributed by atoms with Crippen LogP contribution < -0.4 is 5.73 Å². The van der Waals surface area contributed by atoms with Crippen LogP contribution >= 0.6 is 0 Å². The number of fused-ring (bicyclic) bond motifs is 1. The lowest BCUT2D eigenvalue weighted by Crippen LogP contribution is -2.51. The minimum absolute atomic E-state index is 0.153. The van der Waals surface area contributed by atoms with Crippen LogP contribution in [0.3, 0.4) is 0 Å². The van der Waals surface area contributed by atoms with Crippen molar-refractivity contribution in [3.63, 3.8) is 0 Å². The first-order valence-corrected chi connectivity index (χ1v) is 8.48. The first-order valence-electron chi connectivity index (χ1n) is 8.48. The van der Waals surface area contributed by atoms with Gasteiger partial charge in [0.05, 0.1) is 6.10 Å². The Balaban J connectivity index is 1.67. The third-order valence-electron chi connectivity index (χ3n) is 4.97. The highest BCUT2D eigenvalue weighted by Gasteiger charge is 2.33. The Morgan fingerprint density at radius 2 is 2.14 bits per heavy atom. The van der Waals surface area contributed by atoms with Crippen molar-refractivity contribution in [2.45, 2.75) is 57.2 Å². The van der Waals surface area contributed by atoms with Gasteiger partial charge in [0.2, 0.25) is 0 Å². The van der Waals surface area contributed by atoms with Gasteiger partial charge in [0.25, 0.3) is 0 Å². The summed E-state index contributed by atoms with van der Waals surface area (Å²) in [5.41, 5.74) is 9.38. The van der Waals surface area contributed by atoms with E-state index in [1.165, 1.54) is 36.9 Å². The largest absolute Gasteiger partial charge is 0.377 e. The summed E-state index contributed by atoms with van der Waals surface area (Å²) < 4.78 is 5.98. The van der Waals surface area contributed by atoms with Gasteiger partial charge in [-0.3, -0.25) is 4.90 Å². The molecule has 3 nitrogen and oxygen atoms in total. The second-order valence-electron chi connectivity index (χ2n) is 6.46. The van der Waals surface area contributed by atoms with Gasteiger partial charge < -0.3 is 10.5 Å². The highest BCUT2D eigenvalue weighted by atomic mass is 16.5. The van der Waals surface area contributed by atoms with Crippen molar-refractivity contribution in [3.05, 3.63) is 35.4 Å². The maximum absolute atomic E-state index is 6.58. The van der Waals surface area contributed by atoms with Crippen LogP contribution in [0, 0.1) is 0 Å². The minimum Gasteiger partial charge on any atom is -0.377 e. The Morgan fingerprint density at radius 3 is 3.00 bits per heavy atom. The molecular weight excluding hydrogens is 260 g/mol. The number of nitrogens with two attached hydrogens (primary N) is 1. The maximum atomic E-state index is 6.58. The zero-order valence-electron chi connectivity index (χ0n) is 13.1. The fraction of sp³-hybridized carbons (Fsp3) is 0.667. The summed E-state index contributed by atoms with van der Waals surface area (Å²) in [5.74, 6) is 0. The molecule has 0 radical (unpaired) electrons. The number of benzene rings is 1. The second kappa shape index (κ2) is 6.91. The van der Waals surface area contributed by atoms with Gasteiger partial charge in [0, 0.05) is 25.2 Å². The zero-order valence-corrected chi connectivity index (χ0v) is 13.1. The summed E-state index contributed by atoms with van der Waals surface area (Å²) >= 11 is 0. The van der Waals surface area contributed by atoms with E-state index in [0.717, 1.165) is 26.0 Å². The number of hydrogen-bond donors (Lipinski definition) is 1. The maximum Gasteiger partial charge on any atom is 0.0702 e. The molecule has 1 aromatic carbocycles. The van der Waals surface area contributed by atoms with E-state index in [2.05, 4.69) is 36.1 Å². The predicted octanol–water partition coefficient (Wildman–Crippen LogP) is 2.89. The van der Waals surface area contributed by atoms with Crippen LogP contribution in [0.15, 0.2) is 24.3 Å². The summed E-state index contributed by atoms with van der Waals surface area (Å²) in [6.45, 7) is 5.29. The lowest BCUT2D eigenvalue weighted by molar-refractivity contribution is -0.0180. The van der Waals surface area contributed by atoms with Crippen molar-refractivity contribution in [1.82, 2.24) is 4.90 Å². The van der Waals surface area contributed by atoms with Gasteiger partial charge in [-0.1, -0.05) is 31.2 Å². The lowest BCUT2D eigenvalue weighted by Gasteiger charge is -2.43. The first kappa shape index (κ1) is 15.0. The molecule has 1 saturated heterocycles. The summed E-state index contributed by atoms with van der Waals surface area (Å²) in [6, 6.07) is 9.31. The molecule has 0 saturated carbocycles. The monoisotopic (exact) mass is 288 g/mol. The van der Waals surface area contributed by atoms with Gasteiger partial charge in [-0.2, -0.15) is 0 Å². The van der Waals surface area contributed by atoms with Crippen LogP contribution in [0.25, 0.3) is 0 Å². The summed E-state index contributed by atoms with van der Waals surface area (Å²) in [7, 11) is 0. The van der Waals surface area contributed by atoms with Gasteiger partial charge >= 0.3 is 0 Å². The van der Waals surface area contributed by atoms with Gasteiger partial charge in [0.1, 0.15) is 0 Å². The van der Waals surface area contributed by atoms with E-state index in [9.17, 15) is 0 Å². The van der Waals surface area contributed by atoms with E-state index in [1.54, 1.807) is 0 Å². The van der Waals surface area contributed by atoms with E-state index >= 15 is 0 Å². The number of hydrogen-bond acceptors (Lipinski definition) is 3. The minimum atomic E-state index is 0.153. The quantitative estimate of drug-likeness (QED) is 0.926. The van der Waals surface area contributed by atoms with Gasteiger partial charge in [-0.05, 0) is 49.8 Å². The number of ether oxygens (including phenoxy) is 1. The standard InChI is InChI=1S/C18H28N2O/c1-2-12-21-15-7-5-11-20(13-15)17-10-9-14-6-3-4-8-16(14)18(17)19/h3-4,6,8,15,17-18H,2,5,7,9-13,19H2,1H3. The van der Waals surface area contributed by atoms with Gasteiger partial charge in [-0.25, -0.2) is 0 Å². The number of nitrogens with zero attached hydrogens (tertiary/aromatic N) is 1. The molecule has 0 spiro atoms. The summed E-state index contributed by atoms with van der Waals surface area (Å²) in [4.78, 5) is 2.59. The highest BCUT2D eigenvalue weighted by Crippen LogP contribution is 2.32. The number of likely N-dealkylation sites (tertiary alicyclic amines) is 1. The van der Waals surface area contributed by atoms with Crippen molar-refractivity contribution in [3.8, 4) is 0 Å². The molecule has 21 heavy (non-hydrogen) atoms. The fourth-order valence-corrected chi connectivity index (χ4v) is 3.87. The second-order valence-corrected chi connectivity index (χ2v) is 6.46. The zero-order chi connectivity index (χ0) is 14.7. The van der Waals surface area contributed by atoms with Crippen molar-refractivity contribution >= 4 is 0 Å². The Morgan fingerprint density at radius 1 is 1.29 bits per heavy atom. The van der Waals surface area contributed by atoms with E-state index in [0.29, 0.717) is 12.1 Å². The molecule has 0 amide bonds. The molecular formula is C18H28N2O. The molecule has 2 N–H and O–H groups in total. The molecule has 3 atom stereocenters. The van der Waals surface area contributed by atoms with Crippen molar-refractivity contribution in [2.75, 3.05) is 19.7 Å². The lowest BCUT2D eigenvalue weighted by atomic mass is 9.83. The number of aryl methyl sites for hydroxylation is 1. The van der Waals surface area contributed by atoms with Crippen molar-refractivity contribution in [2.24, 2.45) is 5.73 Å². The third kappa shape index (κ3) is 3.31. The van der Waals surface area contributed by atoms with Crippen LogP contribution in [-0.2, 0) is 11.2 Å². The van der Waals surface area contributed by atoms with Crippen LogP contribution in [0.2, 0.25) is 0 Å². The Hall–Kier alpha value is -0.900. The van der Waals surface area contributed by atoms with Crippen molar-refractivity contribution < 1.29 is 4.74 Å². The molecule has 1 aromatic rings. The van der Waals surface area contributed by atoms with Gasteiger partial charge in [0.15, 0.2) is 0 Å². The molecule has 116 valence electrons. The van der Waals surface area contributed by atoms with Gasteiger partial charge in [-0.15, -0.1) is 0 Å². The SMILES string of the molecule is CCCOC1CCCN(C2CCc3ccccc3C2N)C1. The number of rotatable bonds is 4. The molecule has 2 aliphatic rings. The third-order valence-corrected chi connectivity index (χ3v) is 4.97. The highest BCUT2D eigenvalue weighted by molar-refractivity contribution is 5.33. The molecule has 0 aromatic heterocycles. The van der Waals surface area contributed by atoms with Crippen LogP contribution in [0.5, 0.6) is 0 Å². The first-order chi connectivity index (χ1) is 10.3. The molecule has 1 fully saturated rings. The Labute approximate surface area is 128 Å². The molecule has 1 aliphatic heterocycles. The fourth-order valence-electron chi connectivity index (χ4n) is 3.87. The van der Waals surface area contributed by atoms with Crippen LogP contribution in [-0.4, -0.2) is 36.7 Å². The number of piperidine rings is 1. The van der Waals surface area contributed by atoms with E-state index in [4.69, 9.17) is 10.5 Å². The van der Waals surface area contributed by atoms with Crippen molar-refractivity contribution in [1.29, 1.82) is 0 Å². The topological polar surface area (TPSA) is 38.5 Å². The van der Waals surface area contributed by atoms with E-state index in [1.807, 2.05) is 0 Å². The summed E-state index contributed by atoms with van der Waals surface area (Å²) in [6.07, 6.45) is 6.29. The van der Waals surface area contributed by atoms with Crippen LogP contribution in [0.4, 0.5) is 0 Å². The molecule has 1 aliphatic carbocycles. The van der Waals surface area contributed by atoms with Crippen LogP contribution in [0.1, 0.15) is 49.8 Å². The summed E-state index contributed by atoms with van der Waals surface area (Å²) in [5, 5.41) is 0. The predicted molar refractivity (Wildman–Crippen MR) is 86.3 cm³/mol.